The Morgan fingerprint density at radius 1 is 1.48 bits per heavy atom. The van der Waals surface area contributed by atoms with Crippen molar-refractivity contribution in [1.29, 1.82) is 0 Å². The quantitative estimate of drug-likeness (QED) is 0.628. The Kier molecular flexibility index (Phi) is 5.46. The smallest absolute Gasteiger partial charge is 0.408 e. The van der Waals surface area contributed by atoms with Gasteiger partial charge in [0.25, 0.3) is 0 Å². The van der Waals surface area contributed by atoms with Crippen molar-refractivity contribution in [3.05, 3.63) is 28.6 Å². The Bertz CT molecular complexity index is 646. The van der Waals surface area contributed by atoms with Crippen LogP contribution in [-0.4, -0.2) is 51.9 Å². The first kappa shape index (κ1) is 18.9. The number of nitro groups is 1. The number of carbonyl (C=O) groups is 1. The molecule has 2 heterocycles. The molecule has 1 saturated heterocycles. The lowest BCUT2D eigenvalue weighted by atomic mass is 9.92. The zero-order chi connectivity index (χ0) is 18.8. The number of nitrogens with one attached hydrogen (secondary N) is 1. The normalized spacial score (nSPS) is 23.9. The van der Waals surface area contributed by atoms with Crippen LogP contribution in [0.15, 0.2) is 18.5 Å². The summed E-state index contributed by atoms with van der Waals surface area (Å²) in [6.07, 6.45) is 1.27. The largest absolute Gasteiger partial charge is 0.444 e. The van der Waals surface area contributed by atoms with Gasteiger partial charge >= 0.3 is 11.8 Å². The van der Waals surface area contributed by atoms with Gasteiger partial charge in [-0.05, 0) is 26.8 Å². The maximum absolute atomic E-state index is 12.0. The number of ether oxygens (including phenoxy) is 1. The third-order valence-corrected chi connectivity index (χ3v) is 3.94. The molecule has 1 aromatic heterocycles. The Hall–Kier alpha value is -2.42. The number of piperidine rings is 1. The molecule has 0 aliphatic carbocycles. The highest BCUT2D eigenvalue weighted by Gasteiger charge is 2.37. The van der Waals surface area contributed by atoms with Crippen molar-refractivity contribution in [2.45, 2.75) is 45.4 Å². The standard InChI is InChI=1S/C16H24N4O5/c1-10-8-19(12-5-6-17-7-13(12)20(23)24)9-11(14(10)21)18-15(22)25-16(2,3)4/h5-7,10-11,14,21H,8-9H2,1-4H3,(H,18,22)/t10-,11+,14+/m0/s1. The number of amides is 1. The van der Waals surface area contributed by atoms with Crippen molar-refractivity contribution >= 4 is 17.5 Å². The predicted molar refractivity (Wildman–Crippen MR) is 91.4 cm³/mol. The lowest BCUT2D eigenvalue weighted by Crippen LogP contribution is -2.59. The van der Waals surface area contributed by atoms with Crippen LogP contribution in [-0.2, 0) is 4.74 Å². The lowest BCUT2D eigenvalue weighted by molar-refractivity contribution is -0.384. The molecule has 2 N–H and O–H groups in total. The van der Waals surface area contributed by atoms with E-state index in [-0.39, 0.29) is 18.2 Å². The van der Waals surface area contributed by atoms with E-state index in [0.717, 1.165) is 0 Å². The number of anilines is 1. The molecule has 1 aromatic rings. The molecule has 9 nitrogen and oxygen atoms in total. The zero-order valence-corrected chi connectivity index (χ0v) is 14.8. The molecule has 1 fully saturated rings. The van der Waals surface area contributed by atoms with E-state index in [4.69, 9.17) is 4.74 Å². The van der Waals surface area contributed by atoms with Crippen molar-refractivity contribution in [1.82, 2.24) is 10.3 Å². The van der Waals surface area contributed by atoms with Crippen LogP contribution < -0.4 is 10.2 Å². The number of nitrogens with zero attached hydrogens (tertiary/aromatic N) is 3. The van der Waals surface area contributed by atoms with Crippen molar-refractivity contribution in [2.75, 3.05) is 18.0 Å². The van der Waals surface area contributed by atoms with E-state index in [0.29, 0.717) is 12.2 Å². The van der Waals surface area contributed by atoms with Crippen LogP contribution in [0, 0.1) is 16.0 Å². The number of carbonyl (C=O) groups excluding carboxylic acids is 1. The average Bonchev–Trinajstić information content (AvgIpc) is 2.49. The Balaban J connectivity index is 2.18. The first-order valence-electron chi connectivity index (χ1n) is 8.09. The average molecular weight is 352 g/mol. The molecular formula is C16H24N4O5. The molecule has 1 aliphatic rings. The second-order valence-corrected chi connectivity index (χ2v) is 7.25. The molecule has 1 aliphatic heterocycles. The number of hydrogen-bond donors (Lipinski definition) is 2. The second-order valence-electron chi connectivity index (χ2n) is 7.25. The monoisotopic (exact) mass is 352 g/mol. The third kappa shape index (κ3) is 4.79. The fourth-order valence-electron chi connectivity index (χ4n) is 2.85. The van der Waals surface area contributed by atoms with Gasteiger partial charge in [-0.25, -0.2) is 4.79 Å². The number of pyridine rings is 1. The van der Waals surface area contributed by atoms with Crippen LogP contribution >= 0.6 is 0 Å². The molecule has 0 saturated carbocycles. The van der Waals surface area contributed by atoms with Crippen molar-refractivity contribution < 1.29 is 19.6 Å². The van der Waals surface area contributed by atoms with Gasteiger partial charge < -0.3 is 20.1 Å². The van der Waals surface area contributed by atoms with Crippen LogP contribution in [0.4, 0.5) is 16.2 Å². The topological polar surface area (TPSA) is 118 Å². The van der Waals surface area contributed by atoms with Gasteiger partial charge in [0.15, 0.2) is 0 Å². The van der Waals surface area contributed by atoms with E-state index in [9.17, 15) is 20.0 Å². The summed E-state index contributed by atoms with van der Waals surface area (Å²) >= 11 is 0. The van der Waals surface area contributed by atoms with Crippen LogP contribution in [0.3, 0.4) is 0 Å². The number of alkyl carbamates (subject to hydrolysis) is 1. The Labute approximate surface area is 146 Å². The van der Waals surface area contributed by atoms with Crippen molar-refractivity contribution in [3.8, 4) is 0 Å². The zero-order valence-electron chi connectivity index (χ0n) is 14.8. The number of rotatable bonds is 3. The van der Waals surface area contributed by atoms with E-state index in [2.05, 4.69) is 10.3 Å². The molecular weight excluding hydrogens is 328 g/mol. The highest BCUT2D eigenvalue weighted by atomic mass is 16.6. The van der Waals surface area contributed by atoms with Crippen LogP contribution in [0.1, 0.15) is 27.7 Å². The minimum Gasteiger partial charge on any atom is -0.444 e. The van der Waals surface area contributed by atoms with Gasteiger partial charge in [0, 0.05) is 25.2 Å². The van der Waals surface area contributed by atoms with Gasteiger partial charge in [-0.15, -0.1) is 0 Å². The molecule has 9 heteroatoms. The van der Waals surface area contributed by atoms with Crippen molar-refractivity contribution in [2.24, 2.45) is 5.92 Å². The minimum atomic E-state index is -0.773. The summed E-state index contributed by atoms with van der Waals surface area (Å²) in [5.74, 6) is -0.193. The lowest BCUT2D eigenvalue weighted by Gasteiger charge is -2.41. The van der Waals surface area contributed by atoms with Gasteiger partial charge in [-0.3, -0.25) is 15.1 Å². The van der Waals surface area contributed by atoms with E-state index in [1.165, 1.54) is 12.4 Å². The maximum Gasteiger partial charge on any atom is 0.408 e. The van der Waals surface area contributed by atoms with Gasteiger partial charge in [-0.1, -0.05) is 6.92 Å². The first-order valence-corrected chi connectivity index (χ1v) is 8.09. The number of hydrogen-bond acceptors (Lipinski definition) is 7. The number of aliphatic hydroxyl groups is 1. The number of aliphatic hydroxyl groups excluding tert-OH is 1. The molecule has 0 aromatic carbocycles. The molecule has 0 bridgehead atoms. The third-order valence-electron chi connectivity index (χ3n) is 3.94. The summed E-state index contributed by atoms with van der Waals surface area (Å²) in [6.45, 7) is 7.74. The van der Waals surface area contributed by atoms with Gasteiger partial charge in [0.05, 0.1) is 17.1 Å². The minimum absolute atomic E-state index is 0.109. The predicted octanol–water partition coefficient (Wildman–Crippen LogP) is 1.70. The molecule has 0 radical (unpaired) electrons. The van der Waals surface area contributed by atoms with Crippen LogP contribution in [0.2, 0.25) is 0 Å². The summed E-state index contributed by atoms with van der Waals surface area (Å²) in [5.41, 5.74) is -0.351. The first-order chi connectivity index (χ1) is 11.6. The Morgan fingerprint density at radius 2 is 2.16 bits per heavy atom. The van der Waals surface area contributed by atoms with Crippen LogP contribution in [0.5, 0.6) is 0 Å². The summed E-state index contributed by atoms with van der Waals surface area (Å²) in [6, 6.07) is 0.957. The van der Waals surface area contributed by atoms with Gasteiger partial charge in [-0.2, -0.15) is 0 Å². The maximum atomic E-state index is 12.0. The second kappa shape index (κ2) is 7.22. The fraction of sp³-hybridized carbons (Fsp3) is 0.625. The van der Waals surface area contributed by atoms with E-state index in [1.807, 2.05) is 6.92 Å². The van der Waals surface area contributed by atoms with E-state index < -0.39 is 28.8 Å². The molecule has 25 heavy (non-hydrogen) atoms. The van der Waals surface area contributed by atoms with E-state index in [1.54, 1.807) is 31.7 Å². The molecule has 0 unspecified atom stereocenters. The fourth-order valence-corrected chi connectivity index (χ4v) is 2.85. The molecule has 0 spiro atoms. The molecule has 2 rings (SSSR count). The van der Waals surface area contributed by atoms with Gasteiger partial charge in [0.2, 0.25) is 0 Å². The molecule has 138 valence electrons. The summed E-state index contributed by atoms with van der Waals surface area (Å²) < 4.78 is 5.23. The Morgan fingerprint density at radius 3 is 2.76 bits per heavy atom. The highest BCUT2D eigenvalue weighted by molar-refractivity contribution is 5.69. The van der Waals surface area contributed by atoms with Crippen molar-refractivity contribution in [3.63, 3.8) is 0 Å². The summed E-state index contributed by atoms with van der Waals surface area (Å²) in [7, 11) is 0. The molecule has 1 amide bonds. The summed E-state index contributed by atoms with van der Waals surface area (Å²) in [5, 5.41) is 24.3. The SMILES string of the molecule is C[C@H]1CN(c2ccncc2[N+](=O)[O-])C[C@@H](NC(=O)OC(C)(C)C)[C@@H]1O. The van der Waals surface area contributed by atoms with Crippen LogP contribution in [0.25, 0.3) is 0 Å². The molecule has 3 atom stereocenters. The van der Waals surface area contributed by atoms with E-state index >= 15 is 0 Å². The summed E-state index contributed by atoms with van der Waals surface area (Å²) in [4.78, 5) is 28.3. The van der Waals surface area contributed by atoms with Gasteiger partial charge in [0.1, 0.15) is 17.5 Å². The highest BCUT2D eigenvalue weighted by Crippen LogP contribution is 2.30. The number of aromatic nitrogens is 1.